The highest BCUT2D eigenvalue weighted by molar-refractivity contribution is 5.79. The Balaban J connectivity index is 1.39. The van der Waals surface area contributed by atoms with Crippen molar-refractivity contribution in [1.29, 1.82) is 0 Å². The van der Waals surface area contributed by atoms with E-state index in [1.165, 1.54) is 7.11 Å². The molecule has 0 spiro atoms. The van der Waals surface area contributed by atoms with Gasteiger partial charge in [-0.05, 0) is 66.5 Å². The second-order valence-electron chi connectivity index (χ2n) is 10.6. The van der Waals surface area contributed by atoms with Crippen molar-refractivity contribution in [2.45, 2.75) is 65.1 Å². The number of amides is 2. The summed E-state index contributed by atoms with van der Waals surface area (Å²) >= 11 is 0. The van der Waals surface area contributed by atoms with E-state index in [9.17, 15) is 14.7 Å². The Morgan fingerprint density at radius 1 is 1.24 bits per heavy atom. The predicted octanol–water partition coefficient (Wildman–Crippen LogP) is 2.62. The minimum Gasteiger partial charge on any atom is -0.454 e. The van der Waals surface area contributed by atoms with E-state index in [0.29, 0.717) is 12.3 Å². The smallest absolute Gasteiger partial charge is 0.246 e. The van der Waals surface area contributed by atoms with Gasteiger partial charge in [-0.2, -0.15) is 0 Å². The Morgan fingerprint density at radius 2 is 1.97 bits per heavy atom. The largest absolute Gasteiger partial charge is 0.454 e. The fourth-order valence-corrected chi connectivity index (χ4v) is 6.47. The summed E-state index contributed by atoms with van der Waals surface area (Å²) in [6.45, 7) is 6.94. The van der Waals surface area contributed by atoms with Crippen LogP contribution in [-0.2, 0) is 20.9 Å². The van der Waals surface area contributed by atoms with Gasteiger partial charge < -0.3 is 30.0 Å². The van der Waals surface area contributed by atoms with Crippen molar-refractivity contribution in [3.63, 3.8) is 0 Å². The lowest BCUT2D eigenvalue weighted by atomic mass is 9.51. The quantitative estimate of drug-likeness (QED) is 0.561. The average Bonchev–Trinajstić information content (AvgIpc) is 3.27. The van der Waals surface area contributed by atoms with E-state index in [1.54, 1.807) is 0 Å². The number of benzene rings is 1. The normalized spacial score (nSPS) is 33.0. The minimum atomic E-state index is -0.595. The molecule has 1 aromatic rings. The van der Waals surface area contributed by atoms with Crippen LogP contribution < -0.4 is 20.1 Å². The standard InChI is InChI=1S/C26H38N2O6/c1-15(25(31)27-12-17-5-6-20-21(11-17)34-14-33-20)18-7-9-26(3)10-8-19(28-22(29)13-32-4)16(2)23(26)24(18)30/h5-6,11,15-16,18-19,23-24,30H,7-10,12-14H2,1-4H3,(H,27,31)(H,28,29). The van der Waals surface area contributed by atoms with Crippen LogP contribution in [0, 0.1) is 29.1 Å². The van der Waals surface area contributed by atoms with E-state index in [4.69, 9.17) is 14.2 Å². The van der Waals surface area contributed by atoms with E-state index < -0.39 is 6.10 Å². The first-order valence-electron chi connectivity index (χ1n) is 12.4. The summed E-state index contributed by atoms with van der Waals surface area (Å²) in [6.07, 6.45) is 3.05. The summed E-state index contributed by atoms with van der Waals surface area (Å²) in [7, 11) is 1.51. The number of hydrogen-bond donors (Lipinski definition) is 3. The van der Waals surface area contributed by atoms with Crippen LogP contribution in [0.4, 0.5) is 0 Å². The molecule has 0 saturated heterocycles. The topological polar surface area (TPSA) is 106 Å². The van der Waals surface area contributed by atoms with Crippen LogP contribution in [-0.4, -0.2) is 49.6 Å². The van der Waals surface area contributed by atoms with E-state index in [2.05, 4.69) is 24.5 Å². The number of aliphatic hydroxyl groups is 1. The summed E-state index contributed by atoms with van der Waals surface area (Å²) < 4.78 is 15.7. The molecule has 4 rings (SSSR count). The second-order valence-corrected chi connectivity index (χ2v) is 10.6. The molecular formula is C26H38N2O6. The number of carbonyl (C=O) groups is 2. The number of carbonyl (C=O) groups excluding carboxylic acids is 2. The zero-order valence-electron chi connectivity index (χ0n) is 20.6. The second kappa shape index (κ2) is 10.1. The summed E-state index contributed by atoms with van der Waals surface area (Å²) in [5.41, 5.74) is 0.956. The van der Waals surface area contributed by atoms with Crippen LogP contribution in [0.25, 0.3) is 0 Å². The lowest BCUT2D eigenvalue weighted by Gasteiger charge is -2.56. The molecule has 0 aromatic heterocycles. The monoisotopic (exact) mass is 474 g/mol. The van der Waals surface area contributed by atoms with Crippen molar-refractivity contribution in [3.8, 4) is 11.5 Å². The Bertz CT molecular complexity index is 907. The highest BCUT2D eigenvalue weighted by Gasteiger charge is 2.53. The Morgan fingerprint density at radius 3 is 2.74 bits per heavy atom. The van der Waals surface area contributed by atoms with Gasteiger partial charge in [-0.1, -0.05) is 26.8 Å². The summed E-state index contributed by atoms with van der Waals surface area (Å²) in [4.78, 5) is 25.2. The lowest BCUT2D eigenvalue weighted by molar-refractivity contribution is -0.144. The number of hydrogen-bond acceptors (Lipinski definition) is 6. The maximum atomic E-state index is 13.0. The number of nitrogens with one attached hydrogen (secondary N) is 2. The number of fused-ring (bicyclic) bond motifs is 2. The zero-order chi connectivity index (χ0) is 24.5. The minimum absolute atomic E-state index is 0.00395. The molecule has 3 aliphatic rings. The molecule has 2 fully saturated rings. The number of aliphatic hydroxyl groups excluding tert-OH is 1. The summed E-state index contributed by atoms with van der Waals surface area (Å²) in [5, 5.41) is 17.6. The maximum absolute atomic E-state index is 13.0. The van der Waals surface area contributed by atoms with Crippen LogP contribution in [0.1, 0.15) is 52.0 Å². The maximum Gasteiger partial charge on any atom is 0.246 e. The van der Waals surface area contributed by atoms with Gasteiger partial charge in [0.1, 0.15) is 6.61 Å². The van der Waals surface area contributed by atoms with Crippen LogP contribution in [0.15, 0.2) is 18.2 Å². The van der Waals surface area contributed by atoms with Crippen molar-refractivity contribution in [2.24, 2.45) is 29.1 Å². The fraction of sp³-hybridized carbons (Fsp3) is 0.692. The van der Waals surface area contributed by atoms with E-state index in [0.717, 1.165) is 37.0 Å². The van der Waals surface area contributed by atoms with E-state index >= 15 is 0 Å². The van der Waals surface area contributed by atoms with Crippen LogP contribution >= 0.6 is 0 Å². The van der Waals surface area contributed by atoms with Gasteiger partial charge in [0, 0.05) is 25.6 Å². The third kappa shape index (κ3) is 4.89. The molecule has 1 aliphatic heterocycles. The first-order valence-corrected chi connectivity index (χ1v) is 12.4. The van der Waals surface area contributed by atoms with Gasteiger partial charge in [0.05, 0.1) is 6.10 Å². The molecule has 8 nitrogen and oxygen atoms in total. The molecule has 8 heteroatoms. The third-order valence-electron chi connectivity index (χ3n) is 8.47. The van der Waals surface area contributed by atoms with E-state index in [-0.39, 0.29) is 60.3 Å². The highest BCUT2D eigenvalue weighted by Crippen LogP contribution is 2.55. The molecule has 2 amide bonds. The molecule has 188 valence electrons. The summed E-state index contributed by atoms with van der Waals surface area (Å²) in [6, 6.07) is 5.66. The van der Waals surface area contributed by atoms with Crippen molar-refractivity contribution < 1.29 is 28.9 Å². The number of ether oxygens (including phenoxy) is 3. The van der Waals surface area contributed by atoms with Gasteiger partial charge in [0.15, 0.2) is 11.5 Å². The predicted molar refractivity (Wildman–Crippen MR) is 126 cm³/mol. The van der Waals surface area contributed by atoms with Crippen molar-refractivity contribution >= 4 is 11.8 Å². The summed E-state index contributed by atoms with van der Waals surface area (Å²) in [5.74, 6) is 0.934. The van der Waals surface area contributed by atoms with Gasteiger partial charge in [-0.15, -0.1) is 0 Å². The van der Waals surface area contributed by atoms with Crippen LogP contribution in [0.5, 0.6) is 11.5 Å². The third-order valence-corrected chi connectivity index (χ3v) is 8.47. The molecule has 0 bridgehead atoms. The van der Waals surface area contributed by atoms with Gasteiger partial charge in [-0.3, -0.25) is 9.59 Å². The molecule has 34 heavy (non-hydrogen) atoms. The Hall–Kier alpha value is -2.32. The number of rotatable bonds is 7. The fourth-order valence-electron chi connectivity index (χ4n) is 6.47. The molecule has 3 N–H and O–H groups in total. The molecule has 1 aromatic carbocycles. The average molecular weight is 475 g/mol. The molecule has 2 saturated carbocycles. The molecule has 1 heterocycles. The van der Waals surface area contributed by atoms with Crippen LogP contribution in [0.3, 0.4) is 0 Å². The molecule has 0 radical (unpaired) electrons. The zero-order valence-corrected chi connectivity index (χ0v) is 20.6. The van der Waals surface area contributed by atoms with Crippen LogP contribution in [0.2, 0.25) is 0 Å². The molecular weight excluding hydrogens is 436 g/mol. The van der Waals surface area contributed by atoms with E-state index in [1.807, 2.05) is 25.1 Å². The lowest BCUT2D eigenvalue weighted by Crippen LogP contribution is -2.58. The van der Waals surface area contributed by atoms with Crippen molar-refractivity contribution in [3.05, 3.63) is 23.8 Å². The van der Waals surface area contributed by atoms with Crippen molar-refractivity contribution in [2.75, 3.05) is 20.5 Å². The molecule has 7 atom stereocenters. The SMILES string of the molecule is COCC(=O)NC1CCC2(C)CCC(C(C)C(=O)NCc3ccc4c(c3)OCO4)C(O)C2C1C. The first kappa shape index (κ1) is 24.8. The van der Waals surface area contributed by atoms with Gasteiger partial charge in [0.25, 0.3) is 0 Å². The first-order chi connectivity index (χ1) is 16.2. The van der Waals surface area contributed by atoms with Gasteiger partial charge >= 0.3 is 0 Å². The van der Waals surface area contributed by atoms with Gasteiger partial charge in [0.2, 0.25) is 18.6 Å². The number of methoxy groups -OCH3 is 1. The Labute approximate surface area is 201 Å². The van der Waals surface area contributed by atoms with Gasteiger partial charge in [-0.25, -0.2) is 0 Å². The molecule has 2 aliphatic carbocycles. The van der Waals surface area contributed by atoms with Crippen molar-refractivity contribution in [1.82, 2.24) is 10.6 Å². The highest BCUT2D eigenvalue weighted by atomic mass is 16.7. The Kier molecular flexibility index (Phi) is 7.38. The molecule has 7 unspecified atom stereocenters.